The van der Waals surface area contributed by atoms with Gasteiger partial charge >= 0.3 is 0 Å². The molecular formula is C20H21BrN4. The number of nitrogens with zero attached hydrogens (tertiary/aromatic N) is 3. The first kappa shape index (κ1) is 16.3. The fourth-order valence-corrected chi connectivity index (χ4v) is 3.68. The lowest BCUT2D eigenvalue weighted by Crippen LogP contribution is -2.28. The zero-order valence-corrected chi connectivity index (χ0v) is 15.9. The van der Waals surface area contributed by atoms with E-state index in [1.54, 1.807) is 6.33 Å². The van der Waals surface area contributed by atoms with E-state index in [4.69, 9.17) is 0 Å². The molecule has 0 fully saturated rings. The fourth-order valence-electron chi connectivity index (χ4n) is 3.41. The zero-order chi connectivity index (χ0) is 17.4. The number of aromatic nitrogens is 3. The molecule has 2 atom stereocenters. The maximum atomic E-state index is 4.43. The van der Waals surface area contributed by atoms with Gasteiger partial charge in [-0.1, -0.05) is 66.2 Å². The summed E-state index contributed by atoms with van der Waals surface area (Å²) in [6, 6.07) is 17.8. The van der Waals surface area contributed by atoms with Crippen molar-refractivity contribution in [2.45, 2.75) is 38.3 Å². The molecule has 1 aromatic heterocycles. The van der Waals surface area contributed by atoms with Crippen LogP contribution in [0.1, 0.15) is 55.0 Å². The Hall–Kier alpha value is -2.14. The van der Waals surface area contributed by atoms with Crippen molar-refractivity contribution >= 4 is 21.9 Å². The summed E-state index contributed by atoms with van der Waals surface area (Å²) in [4.78, 5) is 4.40. The van der Waals surface area contributed by atoms with Crippen molar-refractivity contribution in [1.82, 2.24) is 14.8 Å². The molecule has 0 radical (unpaired) electrons. The molecule has 2 aromatic carbocycles. The van der Waals surface area contributed by atoms with Crippen molar-refractivity contribution in [3.05, 3.63) is 76.0 Å². The lowest BCUT2D eigenvalue weighted by molar-refractivity contribution is 0.431. The van der Waals surface area contributed by atoms with Gasteiger partial charge in [0.1, 0.15) is 6.33 Å². The van der Waals surface area contributed by atoms with E-state index in [9.17, 15) is 0 Å². The van der Waals surface area contributed by atoms with E-state index in [-0.39, 0.29) is 12.1 Å². The Bertz CT molecular complexity index is 852. The van der Waals surface area contributed by atoms with Crippen LogP contribution in [-0.2, 0) is 0 Å². The molecule has 4 rings (SSSR count). The number of hydrogen-bond donors (Lipinski definition) is 1. The van der Waals surface area contributed by atoms with Crippen LogP contribution >= 0.6 is 15.9 Å². The van der Waals surface area contributed by atoms with Gasteiger partial charge in [-0.25, -0.2) is 4.68 Å². The van der Waals surface area contributed by atoms with Gasteiger partial charge < -0.3 is 5.32 Å². The van der Waals surface area contributed by atoms with E-state index in [0.29, 0.717) is 5.92 Å². The zero-order valence-electron chi connectivity index (χ0n) is 14.4. The molecule has 25 heavy (non-hydrogen) atoms. The minimum atomic E-state index is 0.182. The molecule has 5 heteroatoms. The van der Waals surface area contributed by atoms with E-state index in [1.165, 1.54) is 16.7 Å². The molecule has 2 heterocycles. The van der Waals surface area contributed by atoms with Crippen LogP contribution in [-0.4, -0.2) is 14.8 Å². The topological polar surface area (TPSA) is 42.7 Å². The Morgan fingerprint density at radius 1 is 1.04 bits per heavy atom. The number of rotatable bonds is 3. The highest BCUT2D eigenvalue weighted by atomic mass is 79.9. The summed E-state index contributed by atoms with van der Waals surface area (Å²) in [5.74, 6) is 1.38. The highest BCUT2D eigenvalue weighted by Gasteiger charge is 2.29. The molecule has 3 aromatic rings. The van der Waals surface area contributed by atoms with Crippen molar-refractivity contribution in [3.63, 3.8) is 0 Å². The molecule has 0 amide bonds. The maximum Gasteiger partial charge on any atom is 0.222 e. The Balaban J connectivity index is 1.67. The van der Waals surface area contributed by atoms with Crippen molar-refractivity contribution in [3.8, 4) is 0 Å². The third kappa shape index (κ3) is 3.21. The van der Waals surface area contributed by atoms with Gasteiger partial charge in [0, 0.05) is 4.47 Å². The smallest absolute Gasteiger partial charge is 0.222 e. The highest BCUT2D eigenvalue weighted by Crippen LogP contribution is 2.37. The van der Waals surface area contributed by atoms with Crippen LogP contribution in [0.2, 0.25) is 0 Å². The SMILES string of the molecule is CC(C)c1ccc([C@@H]2C[C@@H](c3ccc(Br)cc3)n3ncnc3N2)cc1. The van der Waals surface area contributed by atoms with Crippen LogP contribution in [0.4, 0.5) is 5.95 Å². The molecule has 0 unspecified atom stereocenters. The van der Waals surface area contributed by atoms with Gasteiger partial charge in [0.25, 0.3) is 0 Å². The number of anilines is 1. The normalized spacial score (nSPS) is 19.5. The lowest BCUT2D eigenvalue weighted by atomic mass is 9.92. The first-order chi connectivity index (χ1) is 12.1. The number of benzene rings is 2. The first-order valence-corrected chi connectivity index (χ1v) is 9.42. The molecule has 0 bridgehead atoms. The van der Waals surface area contributed by atoms with E-state index >= 15 is 0 Å². The lowest BCUT2D eigenvalue weighted by Gasteiger charge is -2.32. The molecule has 1 aliphatic rings. The Labute approximate surface area is 156 Å². The molecule has 0 saturated heterocycles. The average Bonchev–Trinajstić information content (AvgIpc) is 3.10. The molecule has 0 saturated carbocycles. The van der Waals surface area contributed by atoms with Crippen LogP contribution in [0.25, 0.3) is 0 Å². The first-order valence-electron chi connectivity index (χ1n) is 8.63. The van der Waals surface area contributed by atoms with Gasteiger partial charge in [-0.2, -0.15) is 10.1 Å². The summed E-state index contributed by atoms with van der Waals surface area (Å²) in [7, 11) is 0. The molecule has 4 nitrogen and oxygen atoms in total. The van der Waals surface area contributed by atoms with Gasteiger partial charge in [0.2, 0.25) is 5.95 Å². The number of halogens is 1. The van der Waals surface area contributed by atoms with Crippen LogP contribution in [0.3, 0.4) is 0 Å². The van der Waals surface area contributed by atoms with Crippen molar-refractivity contribution in [2.24, 2.45) is 0 Å². The second-order valence-electron chi connectivity index (χ2n) is 6.85. The monoisotopic (exact) mass is 396 g/mol. The largest absolute Gasteiger partial charge is 0.348 e. The van der Waals surface area contributed by atoms with Gasteiger partial charge in [-0.3, -0.25) is 0 Å². The fraction of sp³-hybridized carbons (Fsp3) is 0.300. The molecule has 1 N–H and O–H groups in total. The van der Waals surface area contributed by atoms with E-state index in [0.717, 1.165) is 16.8 Å². The van der Waals surface area contributed by atoms with Crippen molar-refractivity contribution in [1.29, 1.82) is 0 Å². The van der Waals surface area contributed by atoms with Crippen LogP contribution in [0.5, 0.6) is 0 Å². The molecular weight excluding hydrogens is 376 g/mol. The quantitative estimate of drug-likeness (QED) is 0.651. The molecule has 0 spiro atoms. The summed E-state index contributed by atoms with van der Waals surface area (Å²) < 4.78 is 3.08. The van der Waals surface area contributed by atoms with Gasteiger partial charge in [-0.15, -0.1) is 0 Å². The second kappa shape index (κ2) is 6.64. The number of hydrogen-bond acceptors (Lipinski definition) is 3. The van der Waals surface area contributed by atoms with Gasteiger partial charge in [0.05, 0.1) is 12.1 Å². The van der Waals surface area contributed by atoms with Crippen LogP contribution < -0.4 is 5.32 Å². The second-order valence-corrected chi connectivity index (χ2v) is 7.77. The van der Waals surface area contributed by atoms with E-state index in [2.05, 4.69) is 93.7 Å². The maximum absolute atomic E-state index is 4.43. The summed E-state index contributed by atoms with van der Waals surface area (Å²) in [6.07, 6.45) is 2.57. The molecule has 128 valence electrons. The summed E-state index contributed by atoms with van der Waals surface area (Å²) in [6.45, 7) is 4.44. The molecule has 0 aliphatic carbocycles. The summed E-state index contributed by atoms with van der Waals surface area (Å²) in [5.41, 5.74) is 3.91. The van der Waals surface area contributed by atoms with E-state index < -0.39 is 0 Å². The Morgan fingerprint density at radius 2 is 1.72 bits per heavy atom. The predicted octanol–water partition coefficient (Wildman–Crippen LogP) is 5.31. The standard InChI is InChI=1S/C20H21BrN4/c1-13(2)14-3-5-15(6-4-14)18-11-19(16-7-9-17(21)10-8-16)25-20(24-18)22-12-23-25/h3-10,12-13,18-19H,11H2,1-2H3,(H,22,23,24)/t18-,19-/m0/s1. The van der Waals surface area contributed by atoms with E-state index in [1.807, 2.05) is 4.68 Å². The van der Waals surface area contributed by atoms with Gasteiger partial charge in [0.15, 0.2) is 0 Å². The summed E-state index contributed by atoms with van der Waals surface area (Å²) in [5, 5.41) is 7.97. The van der Waals surface area contributed by atoms with Crippen molar-refractivity contribution in [2.75, 3.05) is 5.32 Å². The van der Waals surface area contributed by atoms with Crippen molar-refractivity contribution < 1.29 is 0 Å². The minimum absolute atomic E-state index is 0.182. The Kier molecular flexibility index (Phi) is 4.34. The average molecular weight is 397 g/mol. The number of fused-ring (bicyclic) bond motifs is 1. The minimum Gasteiger partial charge on any atom is -0.348 e. The summed E-state index contributed by atoms with van der Waals surface area (Å²) >= 11 is 3.51. The highest BCUT2D eigenvalue weighted by molar-refractivity contribution is 9.10. The Morgan fingerprint density at radius 3 is 2.40 bits per heavy atom. The van der Waals surface area contributed by atoms with Crippen LogP contribution in [0, 0.1) is 0 Å². The number of nitrogens with one attached hydrogen (secondary N) is 1. The molecule has 1 aliphatic heterocycles. The third-order valence-electron chi connectivity index (χ3n) is 4.89. The third-order valence-corrected chi connectivity index (χ3v) is 5.42. The van der Waals surface area contributed by atoms with Crippen LogP contribution in [0.15, 0.2) is 59.3 Å². The predicted molar refractivity (Wildman–Crippen MR) is 104 cm³/mol. The van der Waals surface area contributed by atoms with Gasteiger partial charge in [-0.05, 0) is 41.2 Å².